The fraction of sp³-hybridized carbons (Fsp3) is 0.320. The number of carbonyl (C=O) groups is 2. The van der Waals surface area contributed by atoms with Crippen LogP contribution < -0.4 is 14.3 Å². The summed E-state index contributed by atoms with van der Waals surface area (Å²) in [5.41, 5.74) is 1.10. The zero-order valence-electron chi connectivity index (χ0n) is 20.7. The van der Waals surface area contributed by atoms with Crippen LogP contribution in [0.5, 0.6) is 11.5 Å². The smallest absolute Gasteiger partial charge is 0.409 e. The van der Waals surface area contributed by atoms with Crippen LogP contribution in [-0.4, -0.2) is 73.8 Å². The van der Waals surface area contributed by atoms with Crippen LogP contribution in [0.2, 0.25) is 0 Å². The molecule has 2 aliphatic rings. The van der Waals surface area contributed by atoms with Gasteiger partial charge in [0, 0.05) is 50.4 Å². The molecule has 0 spiro atoms. The number of allylic oxidation sites excluding steroid dienone is 1. The van der Waals surface area contributed by atoms with E-state index in [0.717, 1.165) is 10.2 Å². The summed E-state index contributed by atoms with van der Waals surface area (Å²) >= 11 is 1.34. The number of fused-ring (bicyclic) bond motifs is 2. The molecule has 0 saturated carbocycles. The summed E-state index contributed by atoms with van der Waals surface area (Å²) in [7, 11) is -3.79. The number of ether oxygens (including phenoxy) is 3. The number of benzene rings is 2. The number of aromatic nitrogens is 1. The molecule has 2 aromatic carbocycles. The molecule has 0 atom stereocenters. The first-order valence-corrected chi connectivity index (χ1v) is 14.2. The Morgan fingerprint density at radius 2 is 1.79 bits per heavy atom. The summed E-state index contributed by atoms with van der Waals surface area (Å²) in [6.07, 6.45) is 1.27. The van der Waals surface area contributed by atoms with Gasteiger partial charge in [0.15, 0.2) is 16.3 Å². The number of sulfonamides is 1. The molecule has 3 heterocycles. The molecule has 5 rings (SSSR count). The number of hydrogen-bond acceptors (Lipinski definition) is 8. The maximum Gasteiger partial charge on any atom is 0.409 e. The van der Waals surface area contributed by atoms with Crippen molar-refractivity contribution in [3.8, 4) is 11.5 Å². The van der Waals surface area contributed by atoms with Crippen molar-refractivity contribution in [3.05, 3.63) is 59.4 Å². The highest BCUT2D eigenvalue weighted by molar-refractivity contribution is 7.89. The van der Waals surface area contributed by atoms with Crippen LogP contribution in [-0.2, 0) is 21.3 Å². The molecular formula is C25H26N4O7S2. The largest absolute Gasteiger partial charge is 0.454 e. The van der Waals surface area contributed by atoms with Crippen LogP contribution >= 0.6 is 11.3 Å². The Bertz CT molecular complexity index is 1570. The minimum atomic E-state index is -3.79. The molecule has 0 bridgehead atoms. The lowest BCUT2D eigenvalue weighted by Crippen LogP contribution is -2.50. The molecule has 2 amide bonds. The lowest BCUT2D eigenvalue weighted by Gasteiger charge is -2.33. The van der Waals surface area contributed by atoms with Crippen molar-refractivity contribution in [2.75, 3.05) is 39.6 Å². The van der Waals surface area contributed by atoms with Crippen LogP contribution in [0.3, 0.4) is 0 Å². The van der Waals surface area contributed by atoms with E-state index in [9.17, 15) is 18.0 Å². The molecule has 0 unspecified atom stereocenters. The third kappa shape index (κ3) is 4.91. The predicted molar refractivity (Wildman–Crippen MR) is 140 cm³/mol. The van der Waals surface area contributed by atoms with Gasteiger partial charge in [-0.1, -0.05) is 17.4 Å². The monoisotopic (exact) mass is 558 g/mol. The van der Waals surface area contributed by atoms with Gasteiger partial charge in [-0.15, -0.1) is 6.58 Å². The van der Waals surface area contributed by atoms with Gasteiger partial charge in [-0.2, -0.15) is 9.30 Å². The van der Waals surface area contributed by atoms with E-state index < -0.39 is 22.0 Å². The minimum Gasteiger partial charge on any atom is -0.454 e. The predicted octanol–water partition coefficient (Wildman–Crippen LogP) is 2.82. The zero-order chi connectivity index (χ0) is 26.9. The number of thiazole rings is 1. The zero-order valence-corrected chi connectivity index (χ0v) is 22.3. The van der Waals surface area contributed by atoms with Crippen LogP contribution in [0.4, 0.5) is 4.79 Å². The van der Waals surface area contributed by atoms with E-state index in [2.05, 4.69) is 11.6 Å². The Morgan fingerprint density at radius 3 is 2.45 bits per heavy atom. The second-order valence-corrected chi connectivity index (χ2v) is 11.4. The highest BCUT2D eigenvalue weighted by Gasteiger charge is 2.30. The van der Waals surface area contributed by atoms with E-state index in [1.165, 1.54) is 44.8 Å². The second-order valence-electron chi connectivity index (χ2n) is 8.49. The molecule has 11 nitrogen and oxygen atoms in total. The number of carbonyl (C=O) groups excluding carboxylic acids is 2. The van der Waals surface area contributed by atoms with Crippen molar-refractivity contribution in [3.63, 3.8) is 0 Å². The highest BCUT2D eigenvalue weighted by Crippen LogP contribution is 2.37. The maximum atomic E-state index is 13.1. The van der Waals surface area contributed by atoms with Crippen molar-refractivity contribution in [2.24, 2.45) is 4.99 Å². The van der Waals surface area contributed by atoms with Gasteiger partial charge in [0.25, 0.3) is 5.91 Å². The number of amides is 2. The van der Waals surface area contributed by atoms with Gasteiger partial charge >= 0.3 is 6.09 Å². The summed E-state index contributed by atoms with van der Waals surface area (Å²) in [4.78, 5) is 31.2. The average molecular weight is 559 g/mol. The molecule has 0 radical (unpaired) electrons. The molecular weight excluding hydrogens is 532 g/mol. The van der Waals surface area contributed by atoms with Crippen molar-refractivity contribution in [2.45, 2.75) is 18.4 Å². The summed E-state index contributed by atoms with van der Waals surface area (Å²) < 4.78 is 46.2. The van der Waals surface area contributed by atoms with Crippen LogP contribution in [0.15, 0.2) is 58.9 Å². The van der Waals surface area contributed by atoms with Crippen LogP contribution in [0, 0.1) is 0 Å². The van der Waals surface area contributed by atoms with Crippen LogP contribution in [0.25, 0.3) is 10.2 Å². The molecule has 0 aliphatic carbocycles. The summed E-state index contributed by atoms with van der Waals surface area (Å²) in [5.74, 6) is 0.771. The Kier molecular flexibility index (Phi) is 7.23. The quantitative estimate of drug-likeness (QED) is 0.427. The third-order valence-corrected chi connectivity index (χ3v) is 9.14. The van der Waals surface area contributed by atoms with E-state index in [4.69, 9.17) is 14.2 Å². The van der Waals surface area contributed by atoms with Gasteiger partial charge in [-0.25, -0.2) is 13.2 Å². The van der Waals surface area contributed by atoms with E-state index in [0.29, 0.717) is 22.8 Å². The number of hydrogen-bond donors (Lipinski definition) is 0. The maximum absolute atomic E-state index is 13.1. The van der Waals surface area contributed by atoms with Crippen molar-refractivity contribution in [1.82, 2.24) is 13.8 Å². The van der Waals surface area contributed by atoms with Crippen molar-refractivity contribution in [1.29, 1.82) is 0 Å². The topological polar surface area (TPSA) is 120 Å². The van der Waals surface area contributed by atoms with Gasteiger partial charge in [-0.3, -0.25) is 4.79 Å². The Labute approximate surface area is 223 Å². The van der Waals surface area contributed by atoms with E-state index >= 15 is 0 Å². The lowest BCUT2D eigenvalue weighted by atomic mass is 10.2. The molecule has 1 aromatic heterocycles. The first-order valence-electron chi connectivity index (χ1n) is 12.0. The van der Waals surface area contributed by atoms with Gasteiger partial charge in [0.1, 0.15) is 0 Å². The molecule has 3 aromatic rings. The second kappa shape index (κ2) is 10.6. The SMILES string of the molecule is C=CCn1c(=NC(=O)c2ccc(S(=O)(=O)N3CCN(C(=O)OCC)CC3)cc2)sc2cc3c(cc21)OCO3. The first kappa shape index (κ1) is 25.9. The molecule has 1 saturated heterocycles. The normalized spacial score (nSPS) is 16.1. The molecule has 2 aliphatic heterocycles. The number of piperazine rings is 1. The van der Waals surface area contributed by atoms with Crippen molar-refractivity contribution >= 4 is 43.6 Å². The Morgan fingerprint density at radius 1 is 1.11 bits per heavy atom. The summed E-state index contributed by atoms with van der Waals surface area (Å²) in [6, 6.07) is 9.42. The summed E-state index contributed by atoms with van der Waals surface area (Å²) in [6.45, 7) is 7.19. The molecule has 38 heavy (non-hydrogen) atoms. The van der Waals surface area contributed by atoms with Crippen LogP contribution in [0.1, 0.15) is 17.3 Å². The highest BCUT2D eigenvalue weighted by atomic mass is 32.2. The molecule has 200 valence electrons. The van der Waals surface area contributed by atoms with Crippen molar-refractivity contribution < 1.29 is 32.2 Å². The Hall–Kier alpha value is -3.68. The molecule has 13 heteroatoms. The van der Waals surface area contributed by atoms with Gasteiger partial charge < -0.3 is 23.7 Å². The third-order valence-electron chi connectivity index (χ3n) is 6.19. The van der Waals surface area contributed by atoms with E-state index in [-0.39, 0.29) is 50.0 Å². The standard InChI is InChI=1S/C25H26N4O7S2/c1-3-9-29-19-14-20-21(36-16-35-20)15-22(19)37-24(29)26-23(30)17-5-7-18(8-6-17)38(32,33)28-12-10-27(11-13-28)25(31)34-4-2/h3,5-8,14-15H,1,4,9-13,16H2,2H3. The number of rotatable bonds is 6. The Balaban J connectivity index is 1.35. The fourth-order valence-corrected chi connectivity index (χ4v) is 6.72. The lowest BCUT2D eigenvalue weighted by molar-refractivity contribution is 0.0933. The fourth-order valence-electron chi connectivity index (χ4n) is 4.25. The first-order chi connectivity index (χ1) is 18.3. The number of nitrogens with zero attached hydrogens (tertiary/aromatic N) is 4. The molecule has 1 fully saturated rings. The van der Waals surface area contributed by atoms with E-state index in [1.807, 2.05) is 16.7 Å². The minimum absolute atomic E-state index is 0.0664. The average Bonchev–Trinajstić information content (AvgIpc) is 3.51. The van der Waals surface area contributed by atoms with E-state index in [1.54, 1.807) is 13.0 Å². The summed E-state index contributed by atoms with van der Waals surface area (Å²) in [5, 5.41) is 0. The van der Waals surface area contributed by atoms with Gasteiger partial charge in [0.05, 0.1) is 21.7 Å². The molecule has 0 N–H and O–H groups in total. The van der Waals surface area contributed by atoms with Gasteiger partial charge in [0.2, 0.25) is 16.8 Å². The van der Waals surface area contributed by atoms with Gasteiger partial charge in [-0.05, 0) is 31.2 Å².